The first-order valence-corrected chi connectivity index (χ1v) is 10.8. The molecule has 0 aromatic heterocycles. The van der Waals surface area contributed by atoms with Crippen molar-refractivity contribution in [1.29, 1.82) is 0 Å². The first-order valence-electron chi connectivity index (χ1n) is 10.8. The lowest BCUT2D eigenvalue weighted by Crippen LogP contribution is -2.28. The lowest BCUT2D eigenvalue weighted by atomic mass is 9.85. The summed E-state index contributed by atoms with van der Waals surface area (Å²) in [5, 5.41) is 5.84. The van der Waals surface area contributed by atoms with Gasteiger partial charge in [0.15, 0.2) is 0 Å². The van der Waals surface area contributed by atoms with Crippen LogP contribution in [0.1, 0.15) is 45.5 Å². The number of rotatable bonds is 8. The van der Waals surface area contributed by atoms with Crippen molar-refractivity contribution in [3.63, 3.8) is 0 Å². The van der Waals surface area contributed by atoms with Crippen LogP contribution in [0.25, 0.3) is 0 Å². The summed E-state index contributed by atoms with van der Waals surface area (Å²) < 4.78 is 5.73. The third-order valence-corrected chi connectivity index (χ3v) is 5.61. The molecule has 1 saturated carbocycles. The molecule has 0 heterocycles. The molecule has 0 unspecified atom stereocenters. The van der Waals surface area contributed by atoms with Crippen LogP contribution in [0.15, 0.2) is 72.8 Å². The number of ether oxygens (including phenoxy) is 1. The summed E-state index contributed by atoms with van der Waals surface area (Å²) in [5.74, 6) is 0.594. The van der Waals surface area contributed by atoms with Crippen molar-refractivity contribution in [2.75, 3.05) is 5.32 Å². The van der Waals surface area contributed by atoms with E-state index < -0.39 is 5.91 Å². The molecule has 1 aliphatic carbocycles. The van der Waals surface area contributed by atoms with E-state index in [1.165, 1.54) is 0 Å². The Balaban J connectivity index is 1.30. The van der Waals surface area contributed by atoms with Crippen LogP contribution in [0, 0.1) is 5.92 Å². The number of nitrogens with one attached hydrogen (secondary N) is 2. The molecule has 7 nitrogen and oxygen atoms in total. The molecule has 0 saturated heterocycles. The van der Waals surface area contributed by atoms with Crippen LogP contribution in [-0.4, -0.2) is 17.7 Å². The van der Waals surface area contributed by atoms with Gasteiger partial charge in [-0.2, -0.15) is 0 Å². The van der Waals surface area contributed by atoms with Gasteiger partial charge in [0.1, 0.15) is 11.5 Å². The van der Waals surface area contributed by atoms with Gasteiger partial charge in [-0.1, -0.05) is 18.6 Å². The number of hydrogen-bond donors (Lipinski definition) is 3. The van der Waals surface area contributed by atoms with Gasteiger partial charge in [0.05, 0.1) is 0 Å². The van der Waals surface area contributed by atoms with E-state index in [0.29, 0.717) is 29.2 Å². The molecule has 1 aliphatic rings. The zero-order chi connectivity index (χ0) is 23.2. The molecular formula is C26H25N3O4. The molecule has 1 fully saturated rings. The molecule has 7 heteroatoms. The van der Waals surface area contributed by atoms with E-state index in [4.69, 9.17) is 10.5 Å². The molecule has 0 radical (unpaired) electrons. The van der Waals surface area contributed by atoms with Crippen molar-refractivity contribution in [3.8, 4) is 11.5 Å². The largest absolute Gasteiger partial charge is 0.457 e. The molecule has 168 valence electrons. The minimum absolute atomic E-state index is 0.0635. The van der Waals surface area contributed by atoms with Gasteiger partial charge in [0.25, 0.3) is 5.91 Å². The van der Waals surface area contributed by atoms with Crippen molar-refractivity contribution in [1.82, 2.24) is 5.32 Å². The molecule has 4 N–H and O–H groups in total. The first-order chi connectivity index (χ1) is 16.0. The van der Waals surface area contributed by atoms with Gasteiger partial charge in [0, 0.05) is 29.3 Å². The highest BCUT2D eigenvalue weighted by atomic mass is 16.5. The topological polar surface area (TPSA) is 111 Å². The molecule has 3 aromatic carbocycles. The van der Waals surface area contributed by atoms with Crippen LogP contribution in [0.4, 0.5) is 5.69 Å². The Morgan fingerprint density at radius 3 is 2.09 bits per heavy atom. The number of carbonyl (C=O) groups excluding carboxylic acids is 3. The van der Waals surface area contributed by atoms with E-state index in [2.05, 4.69) is 10.6 Å². The Hall–Kier alpha value is -4.13. The molecule has 0 aliphatic heterocycles. The monoisotopic (exact) mass is 443 g/mol. The molecule has 3 amide bonds. The van der Waals surface area contributed by atoms with Gasteiger partial charge in [-0.05, 0) is 79.1 Å². The zero-order valence-corrected chi connectivity index (χ0v) is 18.0. The quantitative estimate of drug-likeness (QED) is 0.483. The van der Waals surface area contributed by atoms with Crippen LogP contribution in [0.2, 0.25) is 0 Å². The highest BCUT2D eigenvalue weighted by Gasteiger charge is 2.25. The fraction of sp³-hybridized carbons (Fsp3) is 0.192. The smallest absolute Gasteiger partial charge is 0.251 e. The Bertz CT molecular complexity index is 1150. The van der Waals surface area contributed by atoms with E-state index >= 15 is 0 Å². The normalized spacial score (nSPS) is 13.0. The van der Waals surface area contributed by atoms with Crippen molar-refractivity contribution in [2.45, 2.75) is 25.8 Å². The highest BCUT2D eigenvalue weighted by molar-refractivity contribution is 5.95. The number of primary amides is 1. The number of carbonyl (C=O) groups is 3. The predicted octanol–water partition coefficient (Wildman–Crippen LogP) is 4.25. The van der Waals surface area contributed by atoms with Crippen molar-refractivity contribution >= 4 is 23.4 Å². The van der Waals surface area contributed by atoms with Gasteiger partial charge >= 0.3 is 0 Å². The maximum absolute atomic E-state index is 12.5. The third kappa shape index (κ3) is 5.77. The Morgan fingerprint density at radius 2 is 1.52 bits per heavy atom. The summed E-state index contributed by atoms with van der Waals surface area (Å²) >= 11 is 0. The Morgan fingerprint density at radius 1 is 0.879 bits per heavy atom. The highest BCUT2D eigenvalue weighted by Crippen LogP contribution is 2.27. The summed E-state index contributed by atoms with van der Waals surface area (Å²) in [5.41, 5.74) is 7.77. The number of amides is 3. The summed E-state index contributed by atoms with van der Waals surface area (Å²) in [7, 11) is 0. The van der Waals surface area contributed by atoms with Gasteiger partial charge in [0.2, 0.25) is 11.8 Å². The maximum atomic E-state index is 12.5. The first kappa shape index (κ1) is 22.1. The second kappa shape index (κ2) is 9.99. The molecule has 0 spiro atoms. The summed E-state index contributed by atoms with van der Waals surface area (Å²) in [4.78, 5) is 35.8. The van der Waals surface area contributed by atoms with Crippen LogP contribution < -0.4 is 21.1 Å². The number of anilines is 1. The average molecular weight is 444 g/mol. The lowest BCUT2D eigenvalue weighted by molar-refractivity contribution is -0.122. The molecule has 4 rings (SSSR count). The van der Waals surface area contributed by atoms with E-state index in [-0.39, 0.29) is 17.7 Å². The third-order valence-electron chi connectivity index (χ3n) is 5.61. The standard InChI is InChI=1S/C26H25N3O4/c27-24(30)18-7-11-22(12-8-18)33-23-13-9-20(10-14-23)25(31)28-16-17-3-1-6-21(15-17)29-26(32)19-4-2-5-19/h1,3,6-15,19H,2,4-5,16H2,(H2,27,30)(H,28,31)(H,29,32). The molecule has 33 heavy (non-hydrogen) atoms. The fourth-order valence-electron chi connectivity index (χ4n) is 3.46. The van der Waals surface area contributed by atoms with Gasteiger partial charge < -0.3 is 21.1 Å². The minimum Gasteiger partial charge on any atom is -0.457 e. The van der Waals surface area contributed by atoms with Crippen LogP contribution in [0.3, 0.4) is 0 Å². The summed E-state index contributed by atoms with van der Waals surface area (Å²) in [6, 6.07) is 20.7. The number of nitrogens with two attached hydrogens (primary N) is 1. The SMILES string of the molecule is NC(=O)c1ccc(Oc2ccc(C(=O)NCc3cccc(NC(=O)C4CCC4)c3)cc2)cc1. The molecular weight excluding hydrogens is 418 g/mol. The van der Waals surface area contributed by atoms with Crippen LogP contribution in [-0.2, 0) is 11.3 Å². The maximum Gasteiger partial charge on any atom is 0.251 e. The van der Waals surface area contributed by atoms with E-state index in [1.807, 2.05) is 24.3 Å². The van der Waals surface area contributed by atoms with Gasteiger partial charge in [-0.25, -0.2) is 0 Å². The van der Waals surface area contributed by atoms with E-state index in [1.54, 1.807) is 48.5 Å². The van der Waals surface area contributed by atoms with E-state index in [0.717, 1.165) is 30.5 Å². The predicted molar refractivity (Wildman–Crippen MR) is 125 cm³/mol. The van der Waals surface area contributed by atoms with Crippen molar-refractivity contribution < 1.29 is 19.1 Å². The fourth-order valence-corrected chi connectivity index (χ4v) is 3.46. The van der Waals surface area contributed by atoms with E-state index in [9.17, 15) is 14.4 Å². The van der Waals surface area contributed by atoms with Crippen molar-refractivity contribution in [2.24, 2.45) is 11.7 Å². The Labute approximate surface area is 191 Å². The summed E-state index contributed by atoms with van der Waals surface area (Å²) in [6.45, 7) is 0.344. The average Bonchev–Trinajstić information content (AvgIpc) is 2.77. The number of hydrogen-bond acceptors (Lipinski definition) is 4. The lowest BCUT2D eigenvalue weighted by Gasteiger charge is -2.24. The Kier molecular flexibility index (Phi) is 6.69. The zero-order valence-electron chi connectivity index (χ0n) is 18.0. The van der Waals surface area contributed by atoms with Crippen LogP contribution in [0.5, 0.6) is 11.5 Å². The van der Waals surface area contributed by atoms with Gasteiger partial charge in [-0.3, -0.25) is 14.4 Å². The molecule has 0 bridgehead atoms. The number of benzene rings is 3. The second-order valence-electron chi connectivity index (χ2n) is 8.02. The second-order valence-corrected chi connectivity index (χ2v) is 8.02. The van der Waals surface area contributed by atoms with Crippen LogP contribution >= 0.6 is 0 Å². The summed E-state index contributed by atoms with van der Waals surface area (Å²) in [6.07, 6.45) is 3.02. The van der Waals surface area contributed by atoms with Crippen molar-refractivity contribution in [3.05, 3.63) is 89.5 Å². The minimum atomic E-state index is -0.498. The molecule has 0 atom stereocenters. The van der Waals surface area contributed by atoms with Gasteiger partial charge in [-0.15, -0.1) is 0 Å². The molecule has 3 aromatic rings.